The van der Waals surface area contributed by atoms with E-state index >= 15 is 0 Å². The third-order valence-electron chi connectivity index (χ3n) is 1.78. The molecule has 3 nitrogen and oxygen atoms in total. The van der Waals surface area contributed by atoms with E-state index in [1.807, 2.05) is 0 Å². The van der Waals surface area contributed by atoms with E-state index in [0.29, 0.717) is 5.56 Å². The Hall–Kier alpha value is -1.70. The smallest absolute Gasteiger partial charge is 0.176 e. The fourth-order valence-electron chi connectivity index (χ4n) is 1.11. The molecule has 72 valence electrons. The van der Waals surface area contributed by atoms with Crippen molar-refractivity contribution in [3.05, 3.63) is 35.9 Å². The molecule has 1 aromatic carbocycles. The van der Waals surface area contributed by atoms with Crippen LogP contribution in [0.25, 0.3) is 5.57 Å². The molecule has 0 aliphatic rings. The molecule has 0 unspecified atom stereocenters. The molecular formula is C11H10O3. The summed E-state index contributed by atoms with van der Waals surface area (Å²) in [6, 6.07) is 8.59. The van der Waals surface area contributed by atoms with Crippen LogP contribution in [0.1, 0.15) is 12.0 Å². The molecule has 0 amide bonds. The first-order valence-corrected chi connectivity index (χ1v) is 4.24. The number of allylic oxidation sites excluding steroid dienone is 1. The highest BCUT2D eigenvalue weighted by Crippen LogP contribution is 2.12. The molecule has 1 N–H and O–H groups in total. The molecule has 0 atom stereocenters. The highest BCUT2D eigenvalue weighted by Gasteiger charge is 2.11. The molecule has 0 aliphatic carbocycles. The van der Waals surface area contributed by atoms with Crippen molar-refractivity contribution in [2.24, 2.45) is 0 Å². The summed E-state index contributed by atoms with van der Waals surface area (Å²) in [7, 11) is 0. The van der Waals surface area contributed by atoms with Gasteiger partial charge in [0.2, 0.25) is 0 Å². The molecule has 0 heterocycles. The lowest BCUT2D eigenvalue weighted by Gasteiger charge is -2.00. The topological polar surface area (TPSA) is 54.4 Å². The van der Waals surface area contributed by atoms with Gasteiger partial charge in [0, 0.05) is 6.42 Å². The Balaban J connectivity index is 2.96. The summed E-state index contributed by atoms with van der Waals surface area (Å²) >= 11 is 0. The lowest BCUT2D eigenvalue weighted by atomic mass is 10.0. The molecule has 3 heteroatoms. The number of aliphatic hydroxyl groups is 1. The summed E-state index contributed by atoms with van der Waals surface area (Å²) in [4.78, 5) is 21.9. The quantitative estimate of drug-likeness (QED) is 0.565. The van der Waals surface area contributed by atoms with E-state index in [0.717, 1.165) is 0 Å². The van der Waals surface area contributed by atoms with E-state index in [2.05, 4.69) is 0 Å². The van der Waals surface area contributed by atoms with Gasteiger partial charge >= 0.3 is 0 Å². The van der Waals surface area contributed by atoms with Crippen LogP contribution in [-0.4, -0.2) is 23.4 Å². The molecule has 0 spiro atoms. The van der Waals surface area contributed by atoms with Crippen molar-refractivity contribution in [1.82, 2.24) is 0 Å². The summed E-state index contributed by atoms with van der Waals surface area (Å²) < 4.78 is 0. The summed E-state index contributed by atoms with van der Waals surface area (Å²) in [5, 5.41) is 8.56. The van der Waals surface area contributed by atoms with E-state index in [1.54, 1.807) is 36.3 Å². The zero-order valence-corrected chi connectivity index (χ0v) is 7.56. The van der Waals surface area contributed by atoms with Gasteiger partial charge in [-0.25, -0.2) is 4.79 Å². The van der Waals surface area contributed by atoms with Gasteiger partial charge in [0.1, 0.15) is 11.5 Å². The average Bonchev–Trinajstić information content (AvgIpc) is 2.21. The largest absolute Gasteiger partial charge is 0.396 e. The summed E-state index contributed by atoms with van der Waals surface area (Å²) in [5.74, 6) is 1.23. The Labute approximate surface area is 81.7 Å². The van der Waals surface area contributed by atoms with Crippen LogP contribution in [0.5, 0.6) is 0 Å². The van der Waals surface area contributed by atoms with Crippen LogP contribution in [0, 0.1) is 0 Å². The molecule has 0 bridgehead atoms. The van der Waals surface area contributed by atoms with Crippen molar-refractivity contribution in [1.29, 1.82) is 0 Å². The predicted octanol–water partition coefficient (Wildman–Crippen LogP) is 0.853. The summed E-state index contributed by atoms with van der Waals surface area (Å²) in [6.45, 7) is -0.253. The van der Waals surface area contributed by atoms with Crippen LogP contribution in [0.2, 0.25) is 0 Å². The first-order chi connectivity index (χ1) is 6.79. The van der Waals surface area contributed by atoms with E-state index in [1.165, 1.54) is 0 Å². The number of benzene rings is 1. The van der Waals surface area contributed by atoms with Crippen LogP contribution < -0.4 is 0 Å². The Morgan fingerprint density at radius 2 is 1.93 bits per heavy atom. The molecule has 1 rings (SSSR count). The van der Waals surface area contributed by atoms with Crippen molar-refractivity contribution in [2.45, 2.75) is 6.42 Å². The Kier molecular flexibility index (Phi) is 3.80. The number of ketones is 1. The number of carbonyl (C=O) groups excluding carboxylic acids is 2. The van der Waals surface area contributed by atoms with Gasteiger partial charge in [-0.15, -0.1) is 0 Å². The lowest BCUT2D eigenvalue weighted by molar-refractivity contribution is -0.114. The van der Waals surface area contributed by atoms with Crippen molar-refractivity contribution >= 4 is 17.3 Å². The maximum atomic E-state index is 11.3. The Morgan fingerprint density at radius 3 is 2.43 bits per heavy atom. The first kappa shape index (κ1) is 10.4. The zero-order chi connectivity index (χ0) is 10.4. The van der Waals surface area contributed by atoms with Crippen LogP contribution >= 0.6 is 0 Å². The second-order valence-corrected chi connectivity index (χ2v) is 2.74. The second kappa shape index (κ2) is 5.12. The van der Waals surface area contributed by atoms with Crippen LogP contribution in [0.4, 0.5) is 0 Å². The van der Waals surface area contributed by atoms with E-state index < -0.39 is 0 Å². The van der Waals surface area contributed by atoms with E-state index in [9.17, 15) is 9.59 Å². The number of carbonyl (C=O) groups is 1. The van der Waals surface area contributed by atoms with Crippen LogP contribution in [0.15, 0.2) is 30.3 Å². The molecule has 0 saturated carbocycles. The van der Waals surface area contributed by atoms with Gasteiger partial charge in [-0.05, 0) is 5.56 Å². The molecule has 0 aliphatic heterocycles. The third-order valence-corrected chi connectivity index (χ3v) is 1.78. The van der Waals surface area contributed by atoms with Crippen molar-refractivity contribution in [2.75, 3.05) is 6.61 Å². The van der Waals surface area contributed by atoms with Gasteiger partial charge in [-0.2, -0.15) is 0 Å². The molecule has 0 saturated heterocycles. The van der Waals surface area contributed by atoms with Gasteiger partial charge in [-0.1, -0.05) is 30.3 Å². The minimum atomic E-state index is -0.381. The molecule has 0 fully saturated rings. The van der Waals surface area contributed by atoms with Crippen LogP contribution in [0.3, 0.4) is 0 Å². The fourth-order valence-corrected chi connectivity index (χ4v) is 1.11. The highest BCUT2D eigenvalue weighted by molar-refractivity contribution is 6.28. The minimum absolute atomic E-state index is 0.000324. The molecule has 0 radical (unpaired) electrons. The predicted molar refractivity (Wildman–Crippen MR) is 52.3 cm³/mol. The zero-order valence-electron chi connectivity index (χ0n) is 7.56. The maximum Gasteiger partial charge on any atom is 0.176 e. The van der Waals surface area contributed by atoms with Gasteiger partial charge in [-0.3, -0.25) is 4.79 Å². The molecule has 1 aromatic rings. The van der Waals surface area contributed by atoms with Crippen LogP contribution in [-0.2, 0) is 9.59 Å². The summed E-state index contributed by atoms with van der Waals surface area (Å²) in [5.41, 5.74) is 0.542. The fraction of sp³-hybridized carbons (Fsp3) is 0.182. The van der Waals surface area contributed by atoms with Crippen molar-refractivity contribution < 1.29 is 14.7 Å². The van der Waals surface area contributed by atoms with Gasteiger partial charge in [0.25, 0.3) is 0 Å². The van der Waals surface area contributed by atoms with Crippen molar-refractivity contribution in [3.63, 3.8) is 0 Å². The molecule has 0 aromatic heterocycles. The van der Waals surface area contributed by atoms with E-state index in [-0.39, 0.29) is 24.4 Å². The van der Waals surface area contributed by atoms with Crippen molar-refractivity contribution in [3.8, 4) is 0 Å². The lowest BCUT2D eigenvalue weighted by Crippen LogP contribution is -2.04. The first-order valence-electron chi connectivity index (χ1n) is 4.24. The van der Waals surface area contributed by atoms with Gasteiger partial charge in [0.15, 0.2) is 5.78 Å². The number of Topliss-reactive ketones (excluding diaryl/α,β-unsaturated/α-hetero) is 1. The number of aliphatic hydroxyl groups excluding tert-OH is 1. The normalized spacial score (nSPS) is 9.21. The SMILES string of the molecule is O=C=C(C(=O)CCO)c1ccccc1. The number of rotatable bonds is 4. The highest BCUT2D eigenvalue weighted by atomic mass is 16.3. The summed E-state index contributed by atoms with van der Waals surface area (Å²) in [6.07, 6.45) is -0.0422. The monoisotopic (exact) mass is 190 g/mol. The van der Waals surface area contributed by atoms with E-state index in [4.69, 9.17) is 5.11 Å². The molecular weight excluding hydrogens is 180 g/mol. The molecule has 14 heavy (non-hydrogen) atoms. The minimum Gasteiger partial charge on any atom is -0.396 e. The number of hydrogen-bond acceptors (Lipinski definition) is 3. The Bertz CT molecular complexity index is 361. The average molecular weight is 190 g/mol. The van der Waals surface area contributed by atoms with Gasteiger partial charge in [0.05, 0.1) is 6.61 Å². The van der Waals surface area contributed by atoms with Gasteiger partial charge < -0.3 is 5.11 Å². The number of hydrogen-bond donors (Lipinski definition) is 1. The Morgan fingerprint density at radius 1 is 1.29 bits per heavy atom. The standard InChI is InChI=1S/C11H10O3/c12-7-6-11(14)10(8-13)9-4-2-1-3-5-9/h1-5,12H,6-7H2. The third kappa shape index (κ3) is 2.39. The second-order valence-electron chi connectivity index (χ2n) is 2.74. The maximum absolute atomic E-state index is 11.3.